The molecule has 38 valence electrons. The van der Waals surface area contributed by atoms with Crippen molar-refractivity contribution in [1.29, 1.82) is 0 Å². The molecule has 0 saturated carbocycles. The van der Waals surface area contributed by atoms with Gasteiger partial charge in [-0.15, -0.1) is 0 Å². The van der Waals surface area contributed by atoms with Crippen LogP contribution < -0.4 is 0 Å². The highest BCUT2D eigenvalue weighted by molar-refractivity contribution is 5.79. The molecule has 0 radical (unpaired) electrons. The van der Waals surface area contributed by atoms with E-state index in [1.807, 2.05) is 0 Å². The van der Waals surface area contributed by atoms with Crippen LogP contribution in [0.25, 0.3) is 0 Å². The van der Waals surface area contributed by atoms with E-state index in [0.717, 1.165) is 0 Å². The quantitative estimate of drug-likeness (QED) is 0.265. The Labute approximate surface area is 39.6 Å². The van der Waals surface area contributed by atoms with Crippen molar-refractivity contribution in [2.45, 2.75) is 0 Å². The predicted molar refractivity (Wildman–Crippen MR) is 22.2 cm³/mol. The van der Waals surface area contributed by atoms with E-state index in [-0.39, 0.29) is 0 Å². The van der Waals surface area contributed by atoms with Crippen LogP contribution in [0.3, 0.4) is 0 Å². The Bertz CT molecular complexity index is 117. The molecular weight excluding hydrogens is 98.0 g/mol. The summed E-state index contributed by atoms with van der Waals surface area (Å²) in [5.41, 5.74) is 0. The number of amides is 1. The maximum Gasteiger partial charge on any atom is 0.468 e. The first-order valence-corrected chi connectivity index (χ1v) is 1.49. The summed E-state index contributed by atoms with van der Waals surface area (Å²) in [7, 11) is 0. The molecule has 0 bridgehead atoms. The van der Waals surface area contributed by atoms with Crippen LogP contribution in [0.5, 0.6) is 0 Å². The van der Waals surface area contributed by atoms with Gasteiger partial charge in [-0.25, -0.2) is 4.79 Å². The monoisotopic (exact) mass is 101 g/mol. The van der Waals surface area contributed by atoms with Gasteiger partial charge < -0.3 is 0 Å². The van der Waals surface area contributed by atoms with Crippen LogP contribution in [0.15, 0.2) is 12.7 Å². The van der Waals surface area contributed by atoms with Gasteiger partial charge in [-0.05, 0) is 0 Å². The standard InChI is InChI=1S/C3H3NO3/c1-2-3(5)4(6)7/h2H,1H2. The topological polar surface area (TPSA) is 60.2 Å². The van der Waals surface area contributed by atoms with E-state index >= 15 is 0 Å². The molecule has 0 atom stereocenters. The van der Waals surface area contributed by atoms with E-state index < -0.39 is 10.8 Å². The number of carbonyl (C=O) groups is 1. The lowest BCUT2D eigenvalue weighted by Gasteiger charge is -1.74. The first kappa shape index (κ1) is 5.81. The van der Waals surface area contributed by atoms with Crippen molar-refractivity contribution < 1.29 is 9.72 Å². The highest BCUT2D eigenvalue weighted by atomic mass is 16.6. The Morgan fingerprint density at radius 3 is 2.29 bits per heavy atom. The van der Waals surface area contributed by atoms with Crippen molar-refractivity contribution >= 4 is 5.91 Å². The lowest BCUT2D eigenvalue weighted by atomic mass is 10.6. The molecule has 0 rings (SSSR count). The molecular formula is C3H3NO3. The molecule has 0 aliphatic rings. The lowest BCUT2D eigenvalue weighted by Crippen LogP contribution is -2.05. The van der Waals surface area contributed by atoms with Crippen molar-refractivity contribution in [3.05, 3.63) is 22.8 Å². The number of hydrogen-bond donors (Lipinski definition) is 0. The SMILES string of the molecule is C=CC(=O)[N+](=O)[O-]. The summed E-state index contributed by atoms with van der Waals surface area (Å²) in [5, 5.41) is 9.32. The van der Waals surface area contributed by atoms with Gasteiger partial charge >= 0.3 is 5.91 Å². The number of rotatable bonds is 1. The molecule has 0 fully saturated rings. The minimum Gasteiger partial charge on any atom is -0.255 e. The average molecular weight is 101 g/mol. The molecule has 0 heterocycles. The van der Waals surface area contributed by atoms with E-state index in [9.17, 15) is 14.9 Å². The smallest absolute Gasteiger partial charge is 0.255 e. The van der Waals surface area contributed by atoms with Crippen LogP contribution in [0.2, 0.25) is 0 Å². The van der Waals surface area contributed by atoms with Crippen molar-refractivity contribution in [2.75, 3.05) is 0 Å². The minimum atomic E-state index is -1.17. The summed E-state index contributed by atoms with van der Waals surface area (Å²) >= 11 is 0. The van der Waals surface area contributed by atoms with E-state index in [2.05, 4.69) is 6.58 Å². The summed E-state index contributed by atoms with van der Waals surface area (Å²) in [6.07, 6.45) is 0.653. The van der Waals surface area contributed by atoms with Gasteiger partial charge in [-0.3, -0.25) is 10.1 Å². The van der Waals surface area contributed by atoms with Gasteiger partial charge in [0.15, 0.2) is 0 Å². The summed E-state index contributed by atoms with van der Waals surface area (Å²) in [5.74, 6) is -1.17. The van der Waals surface area contributed by atoms with Gasteiger partial charge in [-0.1, -0.05) is 6.58 Å². The summed E-state index contributed by atoms with van der Waals surface area (Å²) < 4.78 is 0. The summed E-state index contributed by atoms with van der Waals surface area (Å²) in [4.78, 5) is 18.0. The third kappa shape index (κ3) is 1.64. The molecule has 0 aromatic heterocycles. The molecule has 0 spiro atoms. The molecule has 4 heteroatoms. The molecule has 0 saturated heterocycles. The zero-order valence-electron chi connectivity index (χ0n) is 3.46. The van der Waals surface area contributed by atoms with Crippen molar-refractivity contribution in [2.24, 2.45) is 0 Å². The van der Waals surface area contributed by atoms with Crippen LogP contribution >= 0.6 is 0 Å². The van der Waals surface area contributed by atoms with Crippen LogP contribution in [-0.4, -0.2) is 10.8 Å². The Morgan fingerprint density at radius 1 is 1.86 bits per heavy atom. The fourth-order valence-electron chi connectivity index (χ4n) is 0.0745. The van der Waals surface area contributed by atoms with Gasteiger partial charge in [0.25, 0.3) is 0 Å². The zero-order valence-corrected chi connectivity index (χ0v) is 3.46. The Kier molecular flexibility index (Phi) is 1.72. The van der Waals surface area contributed by atoms with E-state index in [1.54, 1.807) is 0 Å². The van der Waals surface area contributed by atoms with E-state index in [1.165, 1.54) is 0 Å². The fraction of sp³-hybridized carbons (Fsp3) is 0. The molecule has 0 aromatic carbocycles. The van der Waals surface area contributed by atoms with Crippen LogP contribution in [0.4, 0.5) is 0 Å². The van der Waals surface area contributed by atoms with Crippen LogP contribution in [0.1, 0.15) is 0 Å². The maximum absolute atomic E-state index is 9.69. The molecule has 0 unspecified atom stereocenters. The second-order valence-electron chi connectivity index (χ2n) is 0.799. The minimum absolute atomic E-state index is 0.653. The molecule has 0 aromatic rings. The van der Waals surface area contributed by atoms with Gasteiger partial charge in [0, 0.05) is 0 Å². The lowest BCUT2D eigenvalue weighted by molar-refractivity contribution is -0.395. The number of carbonyl (C=O) groups excluding carboxylic acids is 1. The molecule has 1 amide bonds. The molecule has 0 aliphatic heterocycles. The van der Waals surface area contributed by atoms with E-state index in [4.69, 9.17) is 0 Å². The predicted octanol–water partition coefficient (Wildman–Crippen LogP) is -0.0243. The third-order valence-corrected chi connectivity index (χ3v) is 0.355. The van der Waals surface area contributed by atoms with Crippen LogP contribution in [-0.2, 0) is 4.79 Å². The first-order valence-electron chi connectivity index (χ1n) is 1.49. The Hall–Kier alpha value is -1.19. The first-order chi connectivity index (χ1) is 3.18. The van der Waals surface area contributed by atoms with Crippen molar-refractivity contribution in [3.63, 3.8) is 0 Å². The normalized spacial score (nSPS) is 7.43. The number of nitro groups is 1. The average Bonchev–Trinajstić information content (AvgIpc) is 1.65. The molecule has 0 aliphatic carbocycles. The second-order valence-corrected chi connectivity index (χ2v) is 0.799. The molecule has 0 N–H and O–H groups in total. The van der Waals surface area contributed by atoms with Crippen molar-refractivity contribution in [3.8, 4) is 0 Å². The Morgan fingerprint density at radius 2 is 2.29 bits per heavy atom. The number of nitrogens with zero attached hydrogens (tertiary/aromatic N) is 1. The van der Waals surface area contributed by atoms with Crippen LogP contribution in [0, 0.1) is 10.1 Å². The Balaban J connectivity index is 3.81. The van der Waals surface area contributed by atoms with Gasteiger partial charge in [0.05, 0.1) is 6.08 Å². The highest BCUT2D eigenvalue weighted by Gasteiger charge is 2.04. The molecule has 4 nitrogen and oxygen atoms in total. The summed E-state index contributed by atoms with van der Waals surface area (Å²) in [6.45, 7) is 2.89. The highest BCUT2D eigenvalue weighted by Crippen LogP contribution is 1.70. The maximum atomic E-state index is 9.69. The van der Waals surface area contributed by atoms with Gasteiger partial charge in [-0.2, -0.15) is 0 Å². The summed E-state index contributed by atoms with van der Waals surface area (Å²) in [6, 6.07) is 0. The van der Waals surface area contributed by atoms with Gasteiger partial charge in [0.2, 0.25) is 0 Å². The third-order valence-electron chi connectivity index (χ3n) is 0.355. The van der Waals surface area contributed by atoms with Gasteiger partial charge in [0.1, 0.15) is 4.92 Å². The molecule has 7 heavy (non-hydrogen) atoms. The zero-order chi connectivity index (χ0) is 5.86. The number of hydrogen-bond acceptors (Lipinski definition) is 3. The van der Waals surface area contributed by atoms with E-state index in [0.29, 0.717) is 6.08 Å². The largest absolute Gasteiger partial charge is 0.468 e. The second kappa shape index (κ2) is 2.07. The fourth-order valence-corrected chi connectivity index (χ4v) is 0.0745. The van der Waals surface area contributed by atoms with Crippen molar-refractivity contribution in [1.82, 2.24) is 0 Å².